The summed E-state index contributed by atoms with van der Waals surface area (Å²) < 4.78 is 5.17. The van der Waals surface area contributed by atoms with Crippen molar-refractivity contribution in [3.05, 3.63) is 0 Å². The minimum absolute atomic E-state index is 0.291. The molecule has 0 aliphatic carbocycles. The van der Waals surface area contributed by atoms with Crippen molar-refractivity contribution in [1.29, 1.82) is 0 Å². The van der Waals surface area contributed by atoms with Gasteiger partial charge in [-0.3, -0.25) is 0 Å². The van der Waals surface area contributed by atoms with Crippen LogP contribution in [0.1, 0.15) is 13.3 Å². The third-order valence-electron chi connectivity index (χ3n) is 1.44. The molecular formula is C6H13NO. The summed E-state index contributed by atoms with van der Waals surface area (Å²) in [6.45, 7) is 3.82. The Morgan fingerprint density at radius 1 is 1.50 bits per heavy atom. The molecule has 0 unspecified atom stereocenters. The highest BCUT2D eigenvalue weighted by molar-refractivity contribution is 4.68. The van der Waals surface area contributed by atoms with Crippen LogP contribution >= 0.6 is 0 Å². The predicted octanol–water partition coefficient (Wildman–Crippen LogP) is 0.370. The van der Waals surface area contributed by atoms with Gasteiger partial charge < -0.3 is 10.5 Å². The normalized spacial score (nSPS) is 39.8. The van der Waals surface area contributed by atoms with Gasteiger partial charge in [-0.1, -0.05) is 6.92 Å². The van der Waals surface area contributed by atoms with E-state index in [1.807, 2.05) is 0 Å². The summed E-state index contributed by atoms with van der Waals surface area (Å²) >= 11 is 0. The van der Waals surface area contributed by atoms with E-state index in [1.54, 1.807) is 0 Å². The molecule has 0 aromatic heterocycles. The van der Waals surface area contributed by atoms with Crippen molar-refractivity contribution in [3.8, 4) is 0 Å². The average Bonchev–Trinajstić information content (AvgIpc) is 1.64. The number of ether oxygens (including phenoxy) is 1. The molecule has 1 heterocycles. The van der Waals surface area contributed by atoms with Crippen LogP contribution in [0.2, 0.25) is 0 Å². The summed E-state index contributed by atoms with van der Waals surface area (Å²) in [5.74, 6) is 0.666. The fraction of sp³-hybridized carbons (Fsp3) is 1.00. The summed E-state index contributed by atoms with van der Waals surface area (Å²) in [4.78, 5) is 0. The lowest BCUT2D eigenvalue weighted by molar-refractivity contribution is 0.0476. The van der Waals surface area contributed by atoms with Gasteiger partial charge >= 0.3 is 0 Å². The lowest BCUT2D eigenvalue weighted by Gasteiger charge is -2.23. The molecular weight excluding hydrogens is 102 g/mol. The molecule has 0 radical (unpaired) electrons. The predicted molar refractivity (Wildman–Crippen MR) is 32.6 cm³/mol. The van der Waals surface area contributed by atoms with Crippen LogP contribution < -0.4 is 5.73 Å². The first-order chi connectivity index (χ1) is 3.79. The standard InChI is InChI=1S/C6H13NO/c1-5-2-6(7)4-8-3-5/h5-6H,2-4,7H2,1H3/t5-,6+/m0/s1. The zero-order valence-corrected chi connectivity index (χ0v) is 5.26. The molecule has 0 amide bonds. The fourth-order valence-electron chi connectivity index (χ4n) is 1.07. The van der Waals surface area contributed by atoms with Crippen molar-refractivity contribution in [2.75, 3.05) is 13.2 Å². The number of hydrogen-bond acceptors (Lipinski definition) is 2. The molecule has 1 fully saturated rings. The van der Waals surface area contributed by atoms with Crippen LogP contribution in [0, 0.1) is 5.92 Å². The molecule has 0 aromatic carbocycles. The SMILES string of the molecule is C[C@@H]1COC[C@H](N)C1. The Kier molecular flexibility index (Phi) is 1.86. The van der Waals surface area contributed by atoms with Crippen LogP contribution in [0.3, 0.4) is 0 Å². The molecule has 2 nitrogen and oxygen atoms in total. The van der Waals surface area contributed by atoms with Crippen molar-refractivity contribution in [2.24, 2.45) is 11.7 Å². The lowest BCUT2D eigenvalue weighted by atomic mass is 10.0. The molecule has 0 bridgehead atoms. The summed E-state index contributed by atoms with van der Waals surface area (Å²) in [5.41, 5.74) is 5.60. The van der Waals surface area contributed by atoms with Crippen LogP contribution in [-0.4, -0.2) is 19.3 Å². The Morgan fingerprint density at radius 2 is 2.25 bits per heavy atom. The molecule has 0 aromatic rings. The van der Waals surface area contributed by atoms with Crippen LogP contribution in [0.5, 0.6) is 0 Å². The van der Waals surface area contributed by atoms with Gasteiger partial charge in [0.25, 0.3) is 0 Å². The molecule has 1 aliphatic rings. The van der Waals surface area contributed by atoms with E-state index >= 15 is 0 Å². The van der Waals surface area contributed by atoms with Gasteiger partial charge in [0.15, 0.2) is 0 Å². The second kappa shape index (κ2) is 2.46. The van der Waals surface area contributed by atoms with Crippen LogP contribution in [0.25, 0.3) is 0 Å². The summed E-state index contributed by atoms with van der Waals surface area (Å²) in [6, 6.07) is 0.291. The maximum atomic E-state index is 5.60. The minimum Gasteiger partial charge on any atom is -0.380 e. The lowest BCUT2D eigenvalue weighted by Crippen LogP contribution is -2.34. The Bertz CT molecular complexity index is 66.9. The summed E-state index contributed by atoms with van der Waals surface area (Å²) in [7, 11) is 0. The zero-order valence-electron chi connectivity index (χ0n) is 5.26. The van der Waals surface area contributed by atoms with Gasteiger partial charge in [0.05, 0.1) is 6.61 Å². The first-order valence-corrected chi connectivity index (χ1v) is 3.12. The Hall–Kier alpha value is -0.0800. The monoisotopic (exact) mass is 115 g/mol. The van der Waals surface area contributed by atoms with Gasteiger partial charge in [-0.2, -0.15) is 0 Å². The van der Waals surface area contributed by atoms with Crippen LogP contribution in [0.4, 0.5) is 0 Å². The van der Waals surface area contributed by atoms with E-state index in [2.05, 4.69) is 6.92 Å². The van der Waals surface area contributed by atoms with Gasteiger partial charge in [0.1, 0.15) is 0 Å². The third-order valence-corrected chi connectivity index (χ3v) is 1.44. The Balaban J connectivity index is 2.23. The third kappa shape index (κ3) is 1.46. The number of nitrogens with two attached hydrogens (primary N) is 1. The molecule has 8 heavy (non-hydrogen) atoms. The highest BCUT2D eigenvalue weighted by Gasteiger charge is 2.14. The van der Waals surface area contributed by atoms with Gasteiger partial charge in [-0.25, -0.2) is 0 Å². The van der Waals surface area contributed by atoms with Crippen LogP contribution in [0.15, 0.2) is 0 Å². The molecule has 1 rings (SSSR count). The minimum atomic E-state index is 0.291. The molecule has 2 atom stereocenters. The highest BCUT2D eigenvalue weighted by Crippen LogP contribution is 2.10. The summed E-state index contributed by atoms with van der Waals surface area (Å²) in [6.07, 6.45) is 1.12. The van der Waals surface area contributed by atoms with Gasteiger partial charge in [-0.15, -0.1) is 0 Å². The number of hydrogen-bond donors (Lipinski definition) is 1. The van der Waals surface area contributed by atoms with E-state index in [1.165, 1.54) is 0 Å². The molecule has 1 saturated heterocycles. The second-order valence-electron chi connectivity index (χ2n) is 2.64. The maximum absolute atomic E-state index is 5.60. The quantitative estimate of drug-likeness (QED) is 0.495. The molecule has 1 aliphatic heterocycles. The van der Waals surface area contributed by atoms with E-state index in [4.69, 9.17) is 10.5 Å². The van der Waals surface area contributed by atoms with Gasteiger partial charge in [0, 0.05) is 12.6 Å². The van der Waals surface area contributed by atoms with Crippen LogP contribution in [-0.2, 0) is 4.74 Å². The number of rotatable bonds is 0. The molecule has 2 N–H and O–H groups in total. The van der Waals surface area contributed by atoms with Crippen molar-refractivity contribution >= 4 is 0 Å². The van der Waals surface area contributed by atoms with Gasteiger partial charge in [-0.05, 0) is 12.3 Å². The van der Waals surface area contributed by atoms with E-state index in [9.17, 15) is 0 Å². The maximum Gasteiger partial charge on any atom is 0.0617 e. The van der Waals surface area contributed by atoms with Crippen molar-refractivity contribution in [2.45, 2.75) is 19.4 Å². The van der Waals surface area contributed by atoms with E-state index in [0.717, 1.165) is 19.6 Å². The first kappa shape index (κ1) is 6.05. The molecule has 0 saturated carbocycles. The van der Waals surface area contributed by atoms with Crippen molar-refractivity contribution < 1.29 is 4.74 Å². The fourth-order valence-corrected chi connectivity index (χ4v) is 1.07. The van der Waals surface area contributed by atoms with E-state index in [0.29, 0.717) is 12.0 Å². The first-order valence-electron chi connectivity index (χ1n) is 3.12. The topological polar surface area (TPSA) is 35.2 Å². The summed E-state index contributed by atoms with van der Waals surface area (Å²) in [5, 5.41) is 0. The smallest absolute Gasteiger partial charge is 0.0617 e. The second-order valence-corrected chi connectivity index (χ2v) is 2.64. The van der Waals surface area contributed by atoms with Crippen molar-refractivity contribution in [1.82, 2.24) is 0 Å². The highest BCUT2D eigenvalue weighted by atomic mass is 16.5. The van der Waals surface area contributed by atoms with Crippen molar-refractivity contribution in [3.63, 3.8) is 0 Å². The Morgan fingerprint density at radius 3 is 2.62 bits per heavy atom. The Labute approximate surface area is 50.0 Å². The van der Waals surface area contributed by atoms with E-state index < -0.39 is 0 Å². The zero-order chi connectivity index (χ0) is 5.98. The molecule has 48 valence electrons. The van der Waals surface area contributed by atoms with Gasteiger partial charge in [0.2, 0.25) is 0 Å². The van der Waals surface area contributed by atoms with E-state index in [-0.39, 0.29) is 0 Å². The molecule has 2 heteroatoms. The largest absolute Gasteiger partial charge is 0.380 e. The average molecular weight is 115 g/mol. The molecule has 0 spiro atoms.